The van der Waals surface area contributed by atoms with Crippen LogP contribution in [-0.2, 0) is 6.42 Å². The van der Waals surface area contributed by atoms with E-state index in [-0.39, 0.29) is 13.2 Å². The number of aliphatic hydroxyl groups excluding tert-OH is 2. The van der Waals surface area contributed by atoms with Gasteiger partial charge in [-0.05, 0) is 32.4 Å². The fraction of sp³-hybridized carbons (Fsp3) is 0.692. The van der Waals surface area contributed by atoms with Crippen molar-refractivity contribution < 1.29 is 10.2 Å². The summed E-state index contributed by atoms with van der Waals surface area (Å²) in [5.41, 5.74) is -0.431. The average Bonchev–Trinajstić information content (AvgIpc) is 2.72. The molecule has 4 heteroatoms. The van der Waals surface area contributed by atoms with Gasteiger partial charge in [-0.1, -0.05) is 6.92 Å². The SMILES string of the molecule is Cc1ccc(CC(C)NCC(C)(CO)CO)s1. The second-order valence-corrected chi connectivity index (χ2v) is 6.50. The quantitative estimate of drug-likeness (QED) is 0.695. The molecule has 1 aromatic heterocycles. The summed E-state index contributed by atoms with van der Waals surface area (Å²) in [6.07, 6.45) is 0.992. The van der Waals surface area contributed by atoms with Crippen molar-refractivity contribution in [3.8, 4) is 0 Å². The van der Waals surface area contributed by atoms with Gasteiger partial charge in [0.1, 0.15) is 0 Å². The van der Waals surface area contributed by atoms with Crippen LogP contribution in [0.4, 0.5) is 0 Å². The van der Waals surface area contributed by atoms with Crippen LogP contribution >= 0.6 is 11.3 Å². The maximum absolute atomic E-state index is 9.19. The largest absolute Gasteiger partial charge is 0.396 e. The Morgan fingerprint density at radius 2 is 2.00 bits per heavy atom. The highest BCUT2D eigenvalue weighted by molar-refractivity contribution is 7.11. The number of hydrogen-bond acceptors (Lipinski definition) is 4. The number of nitrogens with one attached hydrogen (secondary N) is 1. The van der Waals surface area contributed by atoms with Gasteiger partial charge in [-0.3, -0.25) is 0 Å². The number of aliphatic hydroxyl groups is 2. The molecule has 17 heavy (non-hydrogen) atoms. The smallest absolute Gasteiger partial charge is 0.0518 e. The second kappa shape index (κ2) is 6.50. The molecular weight excluding hydrogens is 234 g/mol. The van der Waals surface area contributed by atoms with E-state index in [4.69, 9.17) is 0 Å². The molecule has 0 saturated heterocycles. The molecule has 98 valence electrons. The highest BCUT2D eigenvalue weighted by Crippen LogP contribution is 2.17. The fourth-order valence-corrected chi connectivity index (χ4v) is 2.57. The molecule has 0 fully saturated rings. The Morgan fingerprint density at radius 1 is 1.35 bits per heavy atom. The summed E-state index contributed by atoms with van der Waals surface area (Å²) in [6.45, 7) is 6.75. The van der Waals surface area contributed by atoms with E-state index in [0.29, 0.717) is 12.6 Å². The van der Waals surface area contributed by atoms with Gasteiger partial charge in [0, 0.05) is 27.8 Å². The molecule has 0 aliphatic carbocycles. The molecule has 1 aromatic rings. The van der Waals surface area contributed by atoms with Crippen LogP contribution in [0.5, 0.6) is 0 Å². The van der Waals surface area contributed by atoms with Gasteiger partial charge < -0.3 is 15.5 Å². The Kier molecular flexibility index (Phi) is 5.59. The van der Waals surface area contributed by atoms with Gasteiger partial charge >= 0.3 is 0 Å². The van der Waals surface area contributed by atoms with Crippen LogP contribution in [0.2, 0.25) is 0 Å². The van der Waals surface area contributed by atoms with Gasteiger partial charge in [-0.2, -0.15) is 0 Å². The predicted octanol–water partition coefficient (Wildman–Crippen LogP) is 1.57. The Balaban J connectivity index is 2.37. The summed E-state index contributed by atoms with van der Waals surface area (Å²) in [6, 6.07) is 4.65. The molecule has 0 bridgehead atoms. The van der Waals surface area contributed by atoms with E-state index >= 15 is 0 Å². The van der Waals surface area contributed by atoms with E-state index in [9.17, 15) is 10.2 Å². The maximum Gasteiger partial charge on any atom is 0.0518 e. The van der Waals surface area contributed by atoms with Crippen LogP contribution in [0.15, 0.2) is 12.1 Å². The summed E-state index contributed by atoms with van der Waals surface area (Å²) in [7, 11) is 0. The summed E-state index contributed by atoms with van der Waals surface area (Å²) in [4.78, 5) is 2.71. The third-order valence-corrected chi connectivity index (χ3v) is 3.97. The molecule has 1 rings (SSSR count). The minimum atomic E-state index is -0.431. The molecule has 3 nitrogen and oxygen atoms in total. The van der Waals surface area contributed by atoms with Gasteiger partial charge in [0.15, 0.2) is 0 Å². The van der Waals surface area contributed by atoms with Crippen LogP contribution in [0, 0.1) is 12.3 Å². The maximum atomic E-state index is 9.19. The highest BCUT2D eigenvalue weighted by Gasteiger charge is 2.22. The number of hydrogen-bond donors (Lipinski definition) is 3. The molecule has 1 unspecified atom stereocenters. The van der Waals surface area contributed by atoms with Crippen molar-refractivity contribution >= 4 is 11.3 Å². The number of aryl methyl sites for hydroxylation is 1. The van der Waals surface area contributed by atoms with E-state index in [1.807, 2.05) is 18.3 Å². The Labute approximate surface area is 107 Å². The van der Waals surface area contributed by atoms with Crippen LogP contribution in [0.25, 0.3) is 0 Å². The topological polar surface area (TPSA) is 52.5 Å². The second-order valence-electron chi connectivity index (χ2n) is 5.13. The van der Waals surface area contributed by atoms with E-state index in [0.717, 1.165) is 6.42 Å². The Morgan fingerprint density at radius 3 is 2.47 bits per heavy atom. The zero-order valence-corrected chi connectivity index (χ0v) is 11.7. The van der Waals surface area contributed by atoms with E-state index in [2.05, 4.69) is 31.3 Å². The third kappa shape index (κ3) is 4.76. The first-order valence-corrected chi connectivity index (χ1v) is 6.81. The first-order valence-electron chi connectivity index (χ1n) is 5.99. The first kappa shape index (κ1) is 14.6. The van der Waals surface area contributed by atoms with Crippen molar-refractivity contribution in [2.24, 2.45) is 5.41 Å². The van der Waals surface area contributed by atoms with Gasteiger partial charge in [0.05, 0.1) is 13.2 Å². The van der Waals surface area contributed by atoms with Gasteiger partial charge in [-0.25, -0.2) is 0 Å². The van der Waals surface area contributed by atoms with Crippen molar-refractivity contribution in [1.29, 1.82) is 0 Å². The van der Waals surface area contributed by atoms with Crippen molar-refractivity contribution in [2.45, 2.75) is 33.2 Å². The summed E-state index contributed by atoms with van der Waals surface area (Å²) in [5.74, 6) is 0. The lowest BCUT2D eigenvalue weighted by molar-refractivity contribution is 0.0678. The van der Waals surface area contributed by atoms with Gasteiger partial charge in [-0.15, -0.1) is 11.3 Å². The minimum absolute atomic E-state index is 0.00132. The molecule has 0 amide bonds. The third-order valence-electron chi connectivity index (χ3n) is 2.94. The molecule has 1 heterocycles. The van der Waals surface area contributed by atoms with E-state index in [1.54, 1.807) is 0 Å². The molecule has 3 N–H and O–H groups in total. The molecule has 0 aliphatic heterocycles. The highest BCUT2D eigenvalue weighted by atomic mass is 32.1. The molecule has 1 atom stereocenters. The standard InChI is InChI=1S/C13H23NO2S/c1-10(6-12-5-4-11(2)17-12)14-7-13(3,8-15)9-16/h4-5,10,14-16H,6-9H2,1-3H3. The molecule has 0 spiro atoms. The number of rotatable bonds is 7. The van der Waals surface area contributed by atoms with Crippen molar-refractivity contribution in [3.63, 3.8) is 0 Å². The summed E-state index contributed by atoms with van der Waals surface area (Å²) < 4.78 is 0. The summed E-state index contributed by atoms with van der Waals surface area (Å²) >= 11 is 1.82. The molecule has 0 aromatic carbocycles. The molecule has 0 saturated carbocycles. The zero-order valence-electron chi connectivity index (χ0n) is 10.9. The van der Waals surface area contributed by atoms with Crippen molar-refractivity contribution in [1.82, 2.24) is 5.32 Å². The normalized spacial score (nSPS) is 13.9. The van der Waals surface area contributed by atoms with E-state index in [1.165, 1.54) is 9.75 Å². The average molecular weight is 257 g/mol. The van der Waals surface area contributed by atoms with Crippen LogP contribution in [0.1, 0.15) is 23.6 Å². The van der Waals surface area contributed by atoms with Crippen LogP contribution in [0.3, 0.4) is 0 Å². The number of thiophene rings is 1. The Bertz CT molecular complexity index is 334. The van der Waals surface area contributed by atoms with E-state index < -0.39 is 5.41 Å². The van der Waals surface area contributed by atoms with Gasteiger partial charge in [0.2, 0.25) is 0 Å². The zero-order chi connectivity index (χ0) is 12.9. The minimum Gasteiger partial charge on any atom is -0.396 e. The lowest BCUT2D eigenvalue weighted by Crippen LogP contribution is -2.42. The van der Waals surface area contributed by atoms with Crippen LogP contribution < -0.4 is 5.32 Å². The molecule has 0 aliphatic rings. The monoisotopic (exact) mass is 257 g/mol. The fourth-order valence-electron chi connectivity index (χ4n) is 1.55. The lowest BCUT2D eigenvalue weighted by atomic mass is 9.92. The summed E-state index contributed by atoms with van der Waals surface area (Å²) in [5, 5.41) is 21.8. The van der Waals surface area contributed by atoms with Crippen LogP contribution in [-0.4, -0.2) is 36.0 Å². The van der Waals surface area contributed by atoms with Gasteiger partial charge in [0.25, 0.3) is 0 Å². The molecule has 0 radical (unpaired) electrons. The lowest BCUT2D eigenvalue weighted by Gasteiger charge is -2.27. The van der Waals surface area contributed by atoms with Crippen molar-refractivity contribution in [2.75, 3.05) is 19.8 Å². The van der Waals surface area contributed by atoms with Crippen molar-refractivity contribution in [3.05, 3.63) is 21.9 Å². The predicted molar refractivity (Wildman–Crippen MR) is 72.5 cm³/mol. The molecular formula is C13H23NO2S. The Hall–Kier alpha value is -0.420. The first-order chi connectivity index (χ1) is 7.99.